The molecular weight excluding hydrogens is 505 g/mol. The Kier molecular flexibility index (Phi) is 6.21. The number of amides is 1. The molecule has 0 bridgehead atoms. The molecule has 11 heteroatoms. The molecule has 194 valence electrons. The summed E-state index contributed by atoms with van der Waals surface area (Å²) in [6.07, 6.45) is -1.00. The summed E-state index contributed by atoms with van der Waals surface area (Å²) in [6.45, 7) is 2.82. The van der Waals surface area contributed by atoms with Gasteiger partial charge in [0, 0.05) is 43.0 Å². The zero-order valence-corrected chi connectivity index (χ0v) is 20.9. The van der Waals surface area contributed by atoms with Gasteiger partial charge in [-0.1, -0.05) is 25.1 Å². The number of aromatic nitrogens is 2. The minimum absolute atomic E-state index is 0.0190. The van der Waals surface area contributed by atoms with Crippen LogP contribution in [0, 0.1) is 0 Å². The van der Waals surface area contributed by atoms with Crippen molar-refractivity contribution in [2.45, 2.75) is 49.3 Å². The first-order chi connectivity index (χ1) is 17.5. The number of fused-ring (bicyclic) bond motifs is 2. The number of hydrogen-bond acceptors (Lipinski definition) is 6. The van der Waals surface area contributed by atoms with Crippen molar-refractivity contribution in [3.05, 3.63) is 82.7 Å². The van der Waals surface area contributed by atoms with E-state index in [9.17, 15) is 26.4 Å². The number of rotatable bonds is 6. The molecule has 2 aromatic carbocycles. The number of sulfone groups is 1. The van der Waals surface area contributed by atoms with Crippen molar-refractivity contribution in [2.24, 2.45) is 0 Å². The molecule has 1 aliphatic carbocycles. The van der Waals surface area contributed by atoms with E-state index in [1.807, 2.05) is 17.0 Å². The van der Waals surface area contributed by atoms with E-state index in [2.05, 4.69) is 15.3 Å². The molecule has 1 N–H and O–H groups in total. The molecule has 0 atom stereocenters. The van der Waals surface area contributed by atoms with Crippen molar-refractivity contribution in [3.63, 3.8) is 0 Å². The van der Waals surface area contributed by atoms with Gasteiger partial charge in [0.05, 0.1) is 16.2 Å². The Labute approximate surface area is 212 Å². The number of anilines is 1. The fraction of sp³-hybridized carbons (Fsp3) is 0.346. The molecular formula is C26H25F3N4O3S. The smallest absolute Gasteiger partial charge is 0.348 e. The third-order valence-corrected chi connectivity index (χ3v) is 8.76. The molecule has 5 rings (SSSR count). The van der Waals surface area contributed by atoms with Crippen LogP contribution in [0.2, 0.25) is 0 Å². The van der Waals surface area contributed by atoms with Gasteiger partial charge in [-0.15, -0.1) is 0 Å². The molecule has 1 aromatic heterocycles. The molecule has 0 saturated heterocycles. The van der Waals surface area contributed by atoms with Crippen molar-refractivity contribution in [1.82, 2.24) is 15.3 Å². The lowest BCUT2D eigenvalue weighted by molar-refractivity contribution is -0.138. The first kappa shape index (κ1) is 25.2. The van der Waals surface area contributed by atoms with E-state index in [-0.39, 0.29) is 34.5 Å². The Morgan fingerprint density at radius 2 is 1.76 bits per heavy atom. The van der Waals surface area contributed by atoms with Crippen LogP contribution >= 0.6 is 0 Å². The molecule has 3 aromatic rings. The second-order valence-corrected chi connectivity index (χ2v) is 11.8. The van der Waals surface area contributed by atoms with Crippen molar-refractivity contribution in [3.8, 4) is 0 Å². The zero-order chi connectivity index (χ0) is 26.4. The van der Waals surface area contributed by atoms with E-state index < -0.39 is 21.6 Å². The molecule has 2 heterocycles. The Morgan fingerprint density at radius 1 is 1.08 bits per heavy atom. The highest BCUT2D eigenvalue weighted by atomic mass is 32.2. The summed E-state index contributed by atoms with van der Waals surface area (Å²) >= 11 is 0. The van der Waals surface area contributed by atoms with Crippen molar-refractivity contribution in [1.29, 1.82) is 0 Å². The van der Waals surface area contributed by atoms with Gasteiger partial charge in [0.1, 0.15) is 0 Å². The monoisotopic (exact) mass is 530 g/mol. The fourth-order valence-corrected chi connectivity index (χ4v) is 5.60. The Hall–Kier alpha value is -3.47. The molecule has 37 heavy (non-hydrogen) atoms. The number of halogens is 3. The minimum Gasteiger partial charge on any atom is -0.348 e. The van der Waals surface area contributed by atoms with Crippen LogP contribution in [0.5, 0.6) is 0 Å². The molecule has 1 saturated carbocycles. The first-order valence-corrected chi connectivity index (χ1v) is 13.5. The number of alkyl halides is 3. The molecule has 0 radical (unpaired) electrons. The van der Waals surface area contributed by atoms with Crippen molar-refractivity contribution >= 4 is 21.7 Å². The molecule has 1 amide bonds. The summed E-state index contributed by atoms with van der Waals surface area (Å²) in [5.41, 5.74) is 2.32. The summed E-state index contributed by atoms with van der Waals surface area (Å²) < 4.78 is 62.7. The standard InChI is InChI=1S/C26H25F3N4O3S/c1-2-37(35,36)21-6-3-17(4-7-21)12-30-23(34)18-5-8-22-19(11-18)15-33(16-25(22)9-10-25)24-31-13-20(14-32-24)26(27,28)29/h3-8,11,13-14H,2,9-10,12,15-16H2,1H3,(H,30,34). The van der Waals surface area contributed by atoms with Crippen LogP contribution in [-0.2, 0) is 34.5 Å². The molecule has 1 aliphatic heterocycles. The fourth-order valence-electron chi connectivity index (χ4n) is 4.71. The number of nitrogens with one attached hydrogen (secondary N) is 1. The number of hydrogen-bond donors (Lipinski definition) is 1. The quantitative estimate of drug-likeness (QED) is 0.512. The van der Waals surface area contributed by atoms with E-state index in [1.54, 1.807) is 25.1 Å². The highest BCUT2D eigenvalue weighted by Crippen LogP contribution is 2.52. The van der Waals surface area contributed by atoms with E-state index >= 15 is 0 Å². The summed E-state index contributed by atoms with van der Waals surface area (Å²) in [4.78, 5) is 22.9. The summed E-state index contributed by atoms with van der Waals surface area (Å²) in [5, 5.41) is 2.86. The molecule has 0 unspecified atom stereocenters. The maximum Gasteiger partial charge on any atom is 0.419 e. The topological polar surface area (TPSA) is 92.3 Å². The van der Waals surface area contributed by atoms with Crippen molar-refractivity contribution < 1.29 is 26.4 Å². The Bertz CT molecular complexity index is 1440. The van der Waals surface area contributed by atoms with Crippen LogP contribution in [0.4, 0.5) is 19.1 Å². The van der Waals surface area contributed by atoms with Gasteiger partial charge in [-0.3, -0.25) is 4.79 Å². The number of carbonyl (C=O) groups excluding carboxylic acids is 1. The highest BCUT2D eigenvalue weighted by Gasteiger charge is 2.49. The lowest BCUT2D eigenvalue weighted by Crippen LogP contribution is -2.39. The lowest BCUT2D eigenvalue weighted by atomic mass is 9.86. The maximum absolute atomic E-state index is 12.9. The van der Waals surface area contributed by atoms with Gasteiger partial charge in [-0.25, -0.2) is 18.4 Å². The second kappa shape index (κ2) is 9.13. The molecule has 7 nitrogen and oxygen atoms in total. The van der Waals surface area contributed by atoms with Gasteiger partial charge < -0.3 is 10.2 Å². The van der Waals surface area contributed by atoms with Crippen LogP contribution in [0.25, 0.3) is 0 Å². The van der Waals surface area contributed by atoms with Gasteiger partial charge in [0.15, 0.2) is 9.84 Å². The maximum atomic E-state index is 12.9. The molecule has 1 fully saturated rings. The second-order valence-electron chi connectivity index (χ2n) is 9.51. The summed E-state index contributed by atoms with van der Waals surface area (Å²) in [7, 11) is -3.29. The van der Waals surface area contributed by atoms with Gasteiger partial charge in [0.25, 0.3) is 5.91 Å². The predicted octanol–water partition coefficient (Wildman–Crippen LogP) is 4.27. The van der Waals surface area contributed by atoms with E-state index in [1.165, 1.54) is 12.1 Å². The van der Waals surface area contributed by atoms with Crippen LogP contribution in [0.1, 0.15) is 52.4 Å². The van der Waals surface area contributed by atoms with E-state index in [4.69, 9.17) is 0 Å². The van der Waals surface area contributed by atoms with Gasteiger partial charge >= 0.3 is 6.18 Å². The number of nitrogens with zero attached hydrogens (tertiary/aromatic N) is 3. The van der Waals surface area contributed by atoms with Crippen LogP contribution < -0.4 is 10.2 Å². The summed E-state index contributed by atoms with van der Waals surface area (Å²) in [5.74, 6) is -0.0281. The van der Waals surface area contributed by atoms with Crippen LogP contribution in [0.3, 0.4) is 0 Å². The van der Waals surface area contributed by atoms with E-state index in [0.717, 1.165) is 41.9 Å². The van der Waals surface area contributed by atoms with Crippen molar-refractivity contribution in [2.75, 3.05) is 17.2 Å². The zero-order valence-electron chi connectivity index (χ0n) is 20.0. The van der Waals surface area contributed by atoms with Crippen LogP contribution in [-0.4, -0.2) is 36.6 Å². The Morgan fingerprint density at radius 3 is 2.35 bits per heavy atom. The third-order valence-electron chi connectivity index (χ3n) is 7.01. The lowest BCUT2D eigenvalue weighted by Gasteiger charge is -2.35. The summed E-state index contributed by atoms with van der Waals surface area (Å²) in [6, 6.07) is 12.0. The SMILES string of the molecule is CCS(=O)(=O)c1ccc(CNC(=O)c2ccc3c(c2)CN(c2ncc(C(F)(F)F)cn2)CC32CC2)cc1. The van der Waals surface area contributed by atoms with E-state index in [0.29, 0.717) is 18.7 Å². The molecule has 2 aliphatic rings. The minimum atomic E-state index is -4.50. The largest absolute Gasteiger partial charge is 0.419 e. The first-order valence-electron chi connectivity index (χ1n) is 11.9. The third kappa shape index (κ3) is 5.04. The van der Waals surface area contributed by atoms with Gasteiger partial charge in [-0.05, 0) is 53.8 Å². The average molecular weight is 531 g/mol. The Balaban J connectivity index is 1.30. The number of benzene rings is 2. The highest BCUT2D eigenvalue weighted by molar-refractivity contribution is 7.91. The van der Waals surface area contributed by atoms with Gasteiger partial charge in [-0.2, -0.15) is 13.2 Å². The predicted molar refractivity (Wildman–Crippen MR) is 131 cm³/mol. The average Bonchev–Trinajstić information content (AvgIpc) is 3.66. The molecule has 1 spiro atoms. The van der Waals surface area contributed by atoms with Crippen LogP contribution in [0.15, 0.2) is 59.8 Å². The van der Waals surface area contributed by atoms with Gasteiger partial charge in [0.2, 0.25) is 5.95 Å². The number of carbonyl (C=O) groups is 1. The normalized spacial score (nSPS) is 16.4.